The number of nitrogens with one attached hydrogen (secondary N) is 1. The van der Waals surface area contributed by atoms with Gasteiger partial charge in [-0.15, -0.1) is 0 Å². The smallest absolute Gasteiger partial charge is 0.317 e. The lowest BCUT2D eigenvalue weighted by atomic mass is 9.76. The summed E-state index contributed by atoms with van der Waals surface area (Å²) in [5.74, 6) is -0.723. The SMILES string of the molecule is CCC1(C(=O)O)CCN(C(=O)NC2CCCN(C)C2)CC1. The van der Waals surface area contributed by atoms with Gasteiger partial charge in [-0.1, -0.05) is 6.92 Å². The molecular weight excluding hydrogens is 270 g/mol. The van der Waals surface area contributed by atoms with Crippen LogP contribution in [0, 0.1) is 5.41 Å². The van der Waals surface area contributed by atoms with Crippen LogP contribution in [0.25, 0.3) is 0 Å². The number of aliphatic carboxylic acids is 1. The number of hydrogen-bond donors (Lipinski definition) is 2. The highest BCUT2D eigenvalue weighted by Gasteiger charge is 2.41. The van der Waals surface area contributed by atoms with Crippen molar-refractivity contribution in [1.82, 2.24) is 15.1 Å². The van der Waals surface area contributed by atoms with Crippen molar-refractivity contribution in [1.29, 1.82) is 0 Å². The fraction of sp³-hybridized carbons (Fsp3) is 0.867. The number of urea groups is 1. The molecule has 2 fully saturated rings. The Morgan fingerprint density at radius 3 is 2.48 bits per heavy atom. The van der Waals surface area contributed by atoms with Gasteiger partial charge in [0, 0.05) is 25.7 Å². The van der Waals surface area contributed by atoms with Gasteiger partial charge in [-0.05, 0) is 45.7 Å². The molecule has 2 saturated heterocycles. The van der Waals surface area contributed by atoms with E-state index in [1.54, 1.807) is 4.90 Å². The number of likely N-dealkylation sites (N-methyl/N-ethyl adjacent to an activating group) is 1. The zero-order valence-electron chi connectivity index (χ0n) is 13.1. The number of hydrogen-bond acceptors (Lipinski definition) is 3. The Morgan fingerprint density at radius 2 is 1.95 bits per heavy atom. The highest BCUT2D eigenvalue weighted by molar-refractivity contribution is 5.77. The highest BCUT2D eigenvalue weighted by Crippen LogP contribution is 2.35. The molecule has 1 atom stereocenters. The van der Waals surface area contributed by atoms with Gasteiger partial charge in [0.25, 0.3) is 0 Å². The van der Waals surface area contributed by atoms with Gasteiger partial charge in [0.05, 0.1) is 5.41 Å². The Labute approximate surface area is 126 Å². The normalized spacial score (nSPS) is 26.4. The van der Waals surface area contributed by atoms with Gasteiger partial charge in [-0.25, -0.2) is 4.79 Å². The molecule has 2 N–H and O–H groups in total. The van der Waals surface area contributed by atoms with E-state index in [1.165, 1.54) is 0 Å². The molecule has 0 radical (unpaired) electrons. The van der Waals surface area contributed by atoms with E-state index in [4.69, 9.17) is 0 Å². The van der Waals surface area contributed by atoms with Gasteiger partial charge in [-0.2, -0.15) is 0 Å². The van der Waals surface area contributed by atoms with Crippen LogP contribution >= 0.6 is 0 Å². The zero-order valence-corrected chi connectivity index (χ0v) is 13.1. The van der Waals surface area contributed by atoms with Crippen LogP contribution in [-0.2, 0) is 4.79 Å². The molecule has 0 aromatic heterocycles. The van der Waals surface area contributed by atoms with Crippen LogP contribution in [-0.4, -0.2) is 66.2 Å². The molecule has 6 heteroatoms. The van der Waals surface area contributed by atoms with Crippen molar-refractivity contribution in [2.45, 2.75) is 45.1 Å². The van der Waals surface area contributed by atoms with Crippen LogP contribution in [0.1, 0.15) is 39.0 Å². The molecule has 0 spiro atoms. The van der Waals surface area contributed by atoms with Gasteiger partial charge in [0.1, 0.15) is 0 Å². The first-order valence-electron chi connectivity index (χ1n) is 7.94. The third kappa shape index (κ3) is 3.67. The van der Waals surface area contributed by atoms with E-state index in [9.17, 15) is 14.7 Å². The lowest BCUT2D eigenvalue weighted by molar-refractivity contribution is -0.151. The lowest BCUT2D eigenvalue weighted by Crippen LogP contribution is -2.54. The monoisotopic (exact) mass is 297 g/mol. The standard InChI is InChI=1S/C15H27N3O3/c1-3-15(13(19)20)6-9-18(10-7-15)14(21)16-12-5-4-8-17(2)11-12/h12H,3-11H2,1-2H3,(H,16,21)(H,19,20). The maximum Gasteiger partial charge on any atom is 0.317 e. The summed E-state index contributed by atoms with van der Waals surface area (Å²) < 4.78 is 0. The Bertz CT molecular complexity index is 392. The molecule has 2 rings (SSSR count). The molecule has 0 aliphatic carbocycles. The van der Waals surface area contributed by atoms with Crippen molar-refractivity contribution < 1.29 is 14.7 Å². The first kappa shape index (κ1) is 16.1. The van der Waals surface area contributed by atoms with Crippen molar-refractivity contribution in [3.05, 3.63) is 0 Å². The van der Waals surface area contributed by atoms with Crippen LogP contribution in [0.2, 0.25) is 0 Å². The number of carboxylic acid groups (broad SMARTS) is 1. The number of carbonyl (C=O) groups excluding carboxylic acids is 1. The van der Waals surface area contributed by atoms with Crippen molar-refractivity contribution in [2.24, 2.45) is 5.41 Å². The largest absolute Gasteiger partial charge is 0.481 e. The minimum atomic E-state index is -0.723. The minimum Gasteiger partial charge on any atom is -0.481 e. The first-order chi connectivity index (χ1) is 9.97. The summed E-state index contributed by atoms with van der Waals surface area (Å²) in [7, 11) is 2.07. The number of carboxylic acids is 1. The van der Waals surface area contributed by atoms with Crippen molar-refractivity contribution in [2.75, 3.05) is 33.2 Å². The number of rotatable bonds is 3. The van der Waals surface area contributed by atoms with Gasteiger partial charge < -0.3 is 20.2 Å². The van der Waals surface area contributed by atoms with E-state index >= 15 is 0 Å². The van der Waals surface area contributed by atoms with Crippen LogP contribution < -0.4 is 5.32 Å². The van der Waals surface area contributed by atoms with Crippen LogP contribution in [0.5, 0.6) is 0 Å². The van der Waals surface area contributed by atoms with E-state index in [0.29, 0.717) is 32.4 Å². The summed E-state index contributed by atoms with van der Waals surface area (Å²) in [4.78, 5) is 27.7. The van der Waals surface area contributed by atoms with Crippen LogP contribution in [0.15, 0.2) is 0 Å². The number of nitrogens with zero attached hydrogens (tertiary/aromatic N) is 2. The maximum absolute atomic E-state index is 12.3. The fourth-order valence-electron chi connectivity index (χ4n) is 3.41. The predicted octanol–water partition coefficient (Wildman–Crippen LogP) is 1.37. The van der Waals surface area contributed by atoms with Crippen LogP contribution in [0.3, 0.4) is 0 Å². The maximum atomic E-state index is 12.3. The molecule has 2 amide bonds. The average Bonchev–Trinajstić information content (AvgIpc) is 2.47. The summed E-state index contributed by atoms with van der Waals surface area (Å²) in [6.45, 7) is 4.98. The van der Waals surface area contributed by atoms with Crippen molar-refractivity contribution >= 4 is 12.0 Å². The topological polar surface area (TPSA) is 72.9 Å². The Hall–Kier alpha value is -1.30. The summed E-state index contributed by atoms with van der Waals surface area (Å²) in [6, 6.07) is 0.180. The number of carbonyl (C=O) groups is 2. The number of amides is 2. The molecule has 21 heavy (non-hydrogen) atoms. The number of likely N-dealkylation sites (tertiary alicyclic amines) is 2. The van der Waals surface area contributed by atoms with Crippen LogP contribution in [0.4, 0.5) is 4.79 Å². The quantitative estimate of drug-likeness (QED) is 0.825. The molecule has 0 bridgehead atoms. The fourth-order valence-corrected chi connectivity index (χ4v) is 3.41. The Kier molecular flexibility index (Phi) is 5.08. The molecule has 2 aliphatic heterocycles. The van der Waals surface area contributed by atoms with E-state index in [2.05, 4.69) is 17.3 Å². The summed E-state index contributed by atoms with van der Waals surface area (Å²) >= 11 is 0. The van der Waals surface area contributed by atoms with E-state index in [-0.39, 0.29) is 12.1 Å². The second-order valence-corrected chi connectivity index (χ2v) is 6.48. The van der Waals surface area contributed by atoms with E-state index in [1.807, 2.05) is 6.92 Å². The molecule has 0 aromatic carbocycles. The van der Waals surface area contributed by atoms with Crippen molar-refractivity contribution in [3.8, 4) is 0 Å². The second-order valence-electron chi connectivity index (χ2n) is 6.48. The molecule has 0 saturated carbocycles. The van der Waals surface area contributed by atoms with Gasteiger partial charge >= 0.3 is 12.0 Å². The van der Waals surface area contributed by atoms with Crippen molar-refractivity contribution in [3.63, 3.8) is 0 Å². The molecule has 2 heterocycles. The molecule has 120 valence electrons. The van der Waals surface area contributed by atoms with Gasteiger partial charge in [0.15, 0.2) is 0 Å². The third-order valence-corrected chi connectivity index (χ3v) is 5.09. The third-order valence-electron chi connectivity index (χ3n) is 5.09. The molecule has 2 aliphatic rings. The molecule has 1 unspecified atom stereocenters. The Morgan fingerprint density at radius 1 is 1.29 bits per heavy atom. The number of piperidine rings is 2. The summed E-state index contributed by atoms with van der Waals surface area (Å²) in [5.41, 5.74) is -0.637. The summed E-state index contributed by atoms with van der Waals surface area (Å²) in [5, 5.41) is 12.5. The van der Waals surface area contributed by atoms with E-state index < -0.39 is 11.4 Å². The zero-order chi connectivity index (χ0) is 15.5. The minimum absolute atomic E-state index is 0.0367. The highest BCUT2D eigenvalue weighted by atomic mass is 16.4. The second kappa shape index (κ2) is 6.64. The average molecular weight is 297 g/mol. The predicted molar refractivity (Wildman–Crippen MR) is 80.2 cm³/mol. The summed E-state index contributed by atoms with van der Waals surface area (Å²) in [6.07, 6.45) is 3.87. The van der Waals surface area contributed by atoms with E-state index in [0.717, 1.165) is 25.9 Å². The molecular formula is C15H27N3O3. The van der Waals surface area contributed by atoms with Gasteiger partial charge in [0.2, 0.25) is 0 Å². The molecule has 6 nitrogen and oxygen atoms in total. The molecule has 0 aromatic rings. The first-order valence-corrected chi connectivity index (χ1v) is 7.94. The van der Waals surface area contributed by atoms with Gasteiger partial charge in [-0.3, -0.25) is 4.79 Å². The Balaban J connectivity index is 1.84. The lowest BCUT2D eigenvalue weighted by Gasteiger charge is -2.39.